The van der Waals surface area contributed by atoms with Gasteiger partial charge in [0.1, 0.15) is 12.4 Å². The van der Waals surface area contributed by atoms with Crippen LogP contribution in [-0.4, -0.2) is 10.9 Å². The molecule has 4 rings (SSSR count). The molecule has 2 N–H and O–H groups in total. The van der Waals surface area contributed by atoms with Crippen LogP contribution in [0.4, 0.5) is 0 Å². The zero-order valence-corrected chi connectivity index (χ0v) is 19.9. The number of hydrogen-bond donors (Lipinski definition) is 1. The third-order valence-electron chi connectivity index (χ3n) is 6.78. The van der Waals surface area contributed by atoms with Gasteiger partial charge in [0.2, 0.25) is 5.91 Å². The molecule has 4 nitrogen and oxygen atoms in total. The minimum absolute atomic E-state index is 0.202. The first-order chi connectivity index (χ1) is 16.0. The zero-order valence-electron chi connectivity index (χ0n) is 19.9. The fraction of sp³-hybridized carbons (Fsp3) is 0.448. The highest BCUT2D eigenvalue weighted by atomic mass is 16.5. The summed E-state index contributed by atoms with van der Waals surface area (Å²) >= 11 is 0. The third kappa shape index (κ3) is 5.93. The van der Waals surface area contributed by atoms with Gasteiger partial charge >= 0.3 is 0 Å². The van der Waals surface area contributed by atoms with E-state index in [-0.39, 0.29) is 11.8 Å². The second-order valence-electron chi connectivity index (χ2n) is 9.88. The van der Waals surface area contributed by atoms with E-state index in [0.29, 0.717) is 18.4 Å². The molecule has 1 saturated carbocycles. The highest BCUT2D eigenvalue weighted by Crippen LogP contribution is 2.37. The molecule has 4 heteroatoms. The van der Waals surface area contributed by atoms with Crippen molar-refractivity contribution >= 4 is 16.8 Å². The van der Waals surface area contributed by atoms with Crippen LogP contribution in [0.5, 0.6) is 5.75 Å². The first-order valence-electron chi connectivity index (χ1n) is 12.4. The van der Waals surface area contributed by atoms with Crippen molar-refractivity contribution in [2.45, 2.75) is 71.3 Å². The Kier molecular flexibility index (Phi) is 7.64. The molecule has 1 amide bonds. The molecule has 1 heterocycles. The van der Waals surface area contributed by atoms with Crippen molar-refractivity contribution in [3.8, 4) is 5.75 Å². The molecule has 2 aromatic carbocycles. The summed E-state index contributed by atoms with van der Waals surface area (Å²) in [6, 6.07) is 18.5. The van der Waals surface area contributed by atoms with Crippen molar-refractivity contribution in [2.24, 2.45) is 17.6 Å². The number of carbonyl (C=O) groups is 1. The molecule has 0 spiro atoms. The van der Waals surface area contributed by atoms with Crippen LogP contribution < -0.4 is 10.5 Å². The lowest BCUT2D eigenvalue weighted by Crippen LogP contribution is -2.28. The van der Waals surface area contributed by atoms with Crippen LogP contribution >= 0.6 is 0 Å². The number of nitrogens with two attached hydrogens (primary N) is 1. The number of primary amides is 1. The van der Waals surface area contributed by atoms with Gasteiger partial charge in [-0.1, -0.05) is 75.9 Å². The van der Waals surface area contributed by atoms with E-state index in [1.165, 1.54) is 25.7 Å². The zero-order chi connectivity index (χ0) is 23.2. The molecule has 1 aliphatic rings. The first-order valence-corrected chi connectivity index (χ1v) is 12.4. The lowest BCUT2D eigenvalue weighted by Gasteiger charge is -2.25. The van der Waals surface area contributed by atoms with Crippen molar-refractivity contribution in [1.29, 1.82) is 0 Å². The Morgan fingerprint density at radius 2 is 1.79 bits per heavy atom. The topological polar surface area (TPSA) is 65.2 Å². The molecule has 1 atom stereocenters. The number of pyridine rings is 1. The molecule has 0 aliphatic heterocycles. The Morgan fingerprint density at radius 3 is 2.52 bits per heavy atom. The predicted molar refractivity (Wildman–Crippen MR) is 134 cm³/mol. The molecule has 0 bridgehead atoms. The van der Waals surface area contributed by atoms with Gasteiger partial charge in [-0.25, -0.2) is 4.98 Å². The van der Waals surface area contributed by atoms with Gasteiger partial charge in [0.05, 0.1) is 17.1 Å². The number of benzene rings is 2. The fourth-order valence-corrected chi connectivity index (χ4v) is 5.19. The van der Waals surface area contributed by atoms with Crippen molar-refractivity contribution < 1.29 is 9.53 Å². The molecule has 1 aromatic heterocycles. The first kappa shape index (κ1) is 23.3. The summed E-state index contributed by atoms with van der Waals surface area (Å²) in [5.41, 5.74) is 10.0. The third-order valence-corrected chi connectivity index (χ3v) is 6.78. The normalized spacial score (nSPS) is 16.0. The minimum Gasteiger partial charge on any atom is -0.487 e. The van der Waals surface area contributed by atoms with Gasteiger partial charge in [-0.05, 0) is 60.4 Å². The molecule has 174 valence electrons. The van der Waals surface area contributed by atoms with Crippen LogP contribution in [0.2, 0.25) is 0 Å². The number of ether oxygens (including phenoxy) is 1. The molecule has 0 saturated heterocycles. The average Bonchev–Trinajstić information content (AvgIpc) is 3.07. The molecular weight excluding hydrogens is 408 g/mol. The van der Waals surface area contributed by atoms with Gasteiger partial charge in [0.25, 0.3) is 0 Å². The Morgan fingerprint density at radius 1 is 1.03 bits per heavy atom. The molecule has 1 unspecified atom stereocenters. The van der Waals surface area contributed by atoms with Crippen molar-refractivity contribution in [3.05, 3.63) is 71.4 Å². The predicted octanol–water partition coefficient (Wildman–Crippen LogP) is 6.55. The lowest BCUT2D eigenvalue weighted by molar-refractivity contribution is -0.120. The van der Waals surface area contributed by atoms with E-state index in [2.05, 4.69) is 32.0 Å². The Hall–Kier alpha value is -2.88. The standard InChI is InChI=1S/C29H36N2O2/c1-20(2)17-24-18-23(28(29(30)32)22-10-5-3-4-6-11-22)14-16-27(24)33-19-25-15-13-21-9-7-8-12-26(21)31-25/h7-9,12-16,18,20,22,28H,3-6,10-11,17,19H2,1-2H3,(H2,30,32). The summed E-state index contributed by atoms with van der Waals surface area (Å²) in [5.74, 6) is 1.26. The number of carbonyl (C=O) groups excluding carboxylic acids is 1. The Balaban J connectivity index is 1.57. The number of fused-ring (bicyclic) bond motifs is 1. The monoisotopic (exact) mass is 444 g/mol. The molecular formula is C29H36N2O2. The largest absolute Gasteiger partial charge is 0.487 e. The molecule has 33 heavy (non-hydrogen) atoms. The van der Waals surface area contributed by atoms with Gasteiger partial charge in [0, 0.05) is 5.39 Å². The number of rotatable bonds is 8. The Labute approximate surface area is 197 Å². The minimum atomic E-state index is -0.217. The van der Waals surface area contributed by atoms with Crippen LogP contribution in [0.15, 0.2) is 54.6 Å². The van der Waals surface area contributed by atoms with Gasteiger partial charge in [-0.3, -0.25) is 4.79 Å². The quantitative estimate of drug-likeness (QED) is 0.401. The van der Waals surface area contributed by atoms with E-state index in [1.807, 2.05) is 36.4 Å². The molecule has 3 aromatic rings. The maximum Gasteiger partial charge on any atom is 0.225 e. The van der Waals surface area contributed by atoms with E-state index in [0.717, 1.165) is 52.7 Å². The lowest BCUT2D eigenvalue weighted by atomic mass is 9.80. The van der Waals surface area contributed by atoms with Crippen LogP contribution in [0, 0.1) is 11.8 Å². The number of amides is 1. The van der Waals surface area contributed by atoms with Gasteiger partial charge in [-0.2, -0.15) is 0 Å². The van der Waals surface area contributed by atoms with Crippen molar-refractivity contribution in [1.82, 2.24) is 4.98 Å². The maximum atomic E-state index is 12.5. The second-order valence-corrected chi connectivity index (χ2v) is 9.88. The fourth-order valence-electron chi connectivity index (χ4n) is 5.19. The average molecular weight is 445 g/mol. The highest BCUT2D eigenvalue weighted by Gasteiger charge is 2.29. The maximum absolute atomic E-state index is 12.5. The Bertz CT molecular complexity index is 1080. The van der Waals surface area contributed by atoms with Crippen molar-refractivity contribution in [3.63, 3.8) is 0 Å². The molecule has 1 fully saturated rings. The van der Waals surface area contributed by atoms with Crippen LogP contribution in [-0.2, 0) is 17.8 Å². The summed E-state index contributed by atoms with van der Waals surface area (Å²) in [4.78, 5) is 17.3. The van der Waals surface area contributed by atoms with Gasteiger partial charge in [-0.15, -0.1) is 0 Å². The summed E-state index contributed by atoms with van der Waals surface area (Å²) in [7, 11) is 0. The van der Waals surface area contributed by atoms with Crippen LogP contribution in [0.3, 0.4) is 0 Å². The number of nitrogens with zero attached hydrogens (tertiary/aromatic N) is 1. The smallest absolute Gasteiger partial charge is 0.225 e. The van der Waals surface area contributed by atoms with Crippen LogP contribution in [0.25, 0.3) is 10.9 Å². The summed E-state index contributed by atoms with van der Waals surface area (Å²) in [5, 5.41) is 1.13. The van der Waals surface area contributed by atoms with E-state index < -0.39 is 0 Å². The van der Waals surface area contributed by atoms with Gasteiger partial charge < -0.3 is 10.5 Å². The molecule has 0 radical (unpaired) electrons. The van der Waals surface area contributed by atoms with Crippen molar-refractivity contribution in [2.75, 3.05) is 0 Å². The van der Waals surface area contributed by atoms with E-state index in [9.17, 15) is 4.79 Å². The van der Waals surface area contributed by atoms with Gasteiger partial charge in [0.15, 0.2) is 0 Å². The van der Waals surface area contributed by atoms with Crippen LogP contribution in [0.1, 0.15) is 75.1 Å². The number of para-hydroxylation sites is 1. The summed E-state index contributed by atoms with van der Waals surface area (Å²) in [6.07, 6.45) is 7.95. The highest BCUT2D eigenvalue weighted by molar-refractivity contribution is 5.82. The van der Waals surface area contributed by atoms with E-state index >= 15 is 0 Å². The number of hydrogen-bond acceptors (Lipinski definition) is 3. The van der Waals surface area contributed by atoms with E-state index in [4.69, 9.17) is 15.5 Å². The summed E-state index contributed by atoms with van der Waals surface area (Å²) < 4.78 is 6.26. The summed E-state index contributed by atoms with van der Waals surface area (Å²) in [6.45, 7) is 4.83. The molecule has 1 aliphatic carbocycles. The van der Waals surface area contributed by atoms with E-state index in [1.54, 1.807) is 0 Å². The second kappa shape index (κ2) is 10.8. The SMILES string of the molecule is CC(C)Cc1cc(C(C(N)=O)C2CCCCCC2)ccc1OCc1ccc2ccccc2n1. The number of aromatic nitrogens is 1.